The van der Waals surface area contributed by atoms with Gasteiger partial charge in [-0.3, -0.25) is 4.79 Å². The Morgan fingerprint density at radius 3 is 2.06 bits per heavy atom. The van der Waals surface area contributed by atoms with Gasteiger partial charge in [0.2, 0.25) is 5.91 Å². The second-order valence-electron chi connectivity index (χ2n) is 3.64. The number of hydrogen-bond donors (Lipinski definition) is 1. The van der Waals surface area contributed by atoms with Crippen LogP contribution in [-0.4, -0.2) is 5.91 Å². The first-order valence-electron chi connectivity index (χ1n) is 4.68. The molecule has 82 valence electrons. The number of primary amides is 1. The normalized spacial score (nSPS) is 10.7. The molecule has 1 amide bonds. The minimum absolute atomic E-state index is 0.318. The summed E-state index contributed by atoms with van der Waals surface area (Å²) in [5.74, 6) is -2.42. The Kier molecular flexibility index (Phi) is 2.34. The minimum atomic E-state index is -0.938. The standard InChI is InChI=1S/C12H9F2NO/c1-6-2-7-4-10(13)11(14)5-8(7)3-9(6)12(15)16/h2-5H,1H3,(H2,15,16). The van der Waals surface area contributed by atoms with Crippen molar-refractivity contribution in [3.05, 3.63) is 47.0 Å². The van der Waals surface area contributed by atoms with Gasteiger partial charge in [0.05, 0.1) is 0 Å². The molecule has 0 fully saturated rings. The van der Waals surface area contributed by atoms with E-state index in [-0.39, 0.29) is 0 Å². The monoisotopic (exact) mass is 221 g/mol. The first-order chi connectivity index (χ1) is 7.49. The van der Waals surface area contributed by atoms with Crippen molar-refractivity contribution in [3.63, 3.8) is 0 Å². The molecule has 2 nitrogen and oxygen atoms in total. The van der Waals surface area contributed by atoms with E-state index in [9.17, 15) is 13.6 Å². The molecule has 16 heavy (non-hydrogen) atoms. The number of amides is 1. The van der Waals surface area contributed by atoms with E-state index in [0.717, 1.165) is 12.1 Å². The summed E-state index contributed by atoms with van der Waals surface area (Å²) >= 11 is 0. The summed E-state index contributed by atoms with van der Waals surface area (Å²) in [5, 5.41) is 1.000. The highest BCUT2D eigenvalue weighted by Crippen LogP contribution is 2.22. The lowest BCUT2D eigenvalue weighted by molar-refractivity contribution is 0.1000. The molecule has 0 aromatic heterocycles. The summed E-state index contributed by atoms with van der Waals surface area (Å²) < 4.78 is 26.0. The maximum absolute atomic E-state index is 13.0. The molecule has 0 aliphatic rings. The van der Waals surface area contributed by atoms with Gasteiger partial charge in [-0.1, -0.05) is 6.07 Å². The molecule has 0 atom stereocenters. The number of carbonyl (C=O) groups is 1. The van der Waals surface area contributed by atoms with Gasteiger partial charge in [-0.15, -0.1) is 0 Å². The van der Waals surface area contributed by atoms with Crippen LogP contribution in [-0.2, 0) is 0 Å². The minimum Gasteiger partial charge on any atom is -0.366 e. The van der Waals surface area contributed by atoms with Crippen molar-refractivity contribution in [2.75, 3.05) is 0 Å². The molecule has 4 heteroatoms. The quantitative estimate of drug-likeness (QED) is 0.790. The molecule has 0 saturated heterocycles. The molecule has 0 radical (unpaired) electrons. The van der Waals surface area contributed by atoms with E-state index < -0.39 is 17.5 Å². The molecule has 0 aliphatic heterocycles. The first-order valence-corrected chi connectivity index (χ1v) is 4.68. The van der Waals surface area contributed by atoms with Crippen LogP contribution in [0.25, 0.3) is 10.8 Å². The van der Waals surface area contributed by atoms with E-state index in [2.05, 4.69) is 0 Å². The van der Waals surface area contributed by atoms with Crippen molar-refractivity contribution in [3.8, 4) is 0 Å². The van der Waals surface area contributed by atoms with Crippen molar-refractivity contribution >= 4 is 16.7 Å². The summed E-state index contributed by atoms with van der Waals surface area (Å²) in [5.41, 5.74) is 6.13. The first kappa shape index (κ1) is 10.5. The fourth-order valence-corrected chi connectivity index (χ4v) is 1.67. The fourth-order valence-electron chi connectivity index (χ4n) is 1.67. The van der Waals surface area contributed by atoms with Crippen LogP contribution in [0.5, 0.6) is 0 Å². The second-order valence-corrected chi connectivity index (χ2v) is 3.64. The van der Waals surface area contributed by atoms with Crippen molar-refractivity contribution in [1.82, 2.24) is 0 Å². The van der Waals surface area contributed by atoms with E-state index >= 15 is 0 Å². The molecule has 0 spiro atoms. The number of aryl methyl sites for hydroxylation is 1. The van der Waals surface area contributed by atoms with Gasteiger partial charge < -0.3 is 5.73 Å². The molecule has 2 N–H and O–H groups in total. The molecule has 0 unspecified atom stereocenters. The highest BCUT2D eigenvalue weighted by Gasteiger charge is 2.09. The summed E-state index contributed by atoms with van der Waals surface area (Å²) in [6.45, 7) is 1.70. The van der Waals surface area contributed by atoms with Crippen LogP contribution >= 0.6 is 0 Å². The maximum atomic E-state index is 13.0. The van der Waals surface area contributed by atoms with E-state index in [0.29, 0.717) is 21.9 Å². The summed E-state index contributed by atoms with van der Waals surface area (Å²) in [6, 6.07) is 5.23. The molecule has 0 heterocycles. The van der Waals surface area contributed by atoms with Crippen LogP contribution in [0.3, 0.4) is 0 Å². The van der Waals surface area contributed by atoms with Gasteiger partial charge in [0.1, 0.15) is 0 Å². The van der Waals surface area contributed by atoms with Gasteiger partial charge in [-0.2, -0.15) is 0 Å². The van der Waals surface area contributed by atoms with Crippen LogP contribution in [0.15, 0.2) is 24.3 Å². The molecule has 0 saturated carbocycles. The van der Waals surface area contributed by atoms with Crippen LogP contribution in [0, 0.1) is 18.6 Å². The van der Waals surface area contributed by atoms with Crippen molar-refractivity contribution < 1.29 is 13.6 Å². The Morgan fingerprint density at radius 2 is 1.56 bits per heavy atom. The van der Waals surface area contributed by atoms with Gasteiger partial charge in [0.15, 0.2) is 11.6 Å². The number of nitrogens with two attached hydrogens (primary N) is 1. The Hall–Kier alpha value is -1.97. The molecular weight excluding hydrogens is 212 g/mol. The number of rotatable bonds is 1. The number of halogens is 2. The Balaban J connectivity index is 2.79. The third-order valence-corrected chi connectivity index (χ3v) is 2.49. The van der Waals surface area contributed by atoms with Crippen molar-refractivity contribution in [1.29, 1.82) is 0 Å². The fraction of sp³-hybridized carbons (Fsp3) is 0.0833. The van der Waals surface area contributed by atoms with Gasteiger partial charge in [0, 0.05) is 5.56 Å². The van der Waals surface area contributed by atoms with Crippen LogP contribution in [0.2, 0.25) is 0 Å². The van der Waals surface area contributed by atoms with Crippen molar-refractivity contribution in [2.24, 2.45) is 5.73 Å². The Morgan fingerprint density at radius 1 is 1.06 bits per heavy atom. The average Bonchev–Trinajstić information content (AvgIpc) is 2.19. The van der Waals surface area contributed by atoms with Gasteiger partial charge in [-0.25, -0.2) is 8.78 Å². The topological polar surface area (TPSA) is 43.1 Å². The summed E-state index contributed by atoms with van der Waals surface area (Å²) in [6.07, 6.45) is 0. The lowest BCUT2D eigenvalue weighted by atomic mass is 10.0. The third-order valence-electron chi connectivity index (χ3n) is 2.49. The summed E-state index contributed by atoms with van der Waals surface area (Å²) in [4.78, 5) is 11.1. The van der Waals surface area contributed by atoms with Crippen LogP contribution < -0.4 is 5.73 Å². The third kappa shape index (κ3) is 1.62. The van der Waals surface area contributed by atoms with E-state index in [4.69, 9.17) is 5.73 Å². The molecule has 0 aliphatic carbocycles. The molecular formula is C12H9F2NO. The number of fused-ring (bicyclic) bond motifs is 1. The summed E-state index contributed by atoms with van der Waals surface area (Å²) in [7, 11) is 0. The molecule has 2 aromatic rings. The Bertz CT molecular complexity index is 593. The average molecular weight is 221 g/mol. The van der Waals surface area contributed by atoms with Gasteiger partial charge in [0.25, 0.3) is 0 Å². The second kappa shape index (κ2) is 3.56. The van der Waals surface area contributed by atoms with Crippen LogP contribution in [0.4, 0.5) is 8.78 Å². The highest BCUT2D eigenvalue weighted by molar-refractivity contribution is 5.99. The van der Waals surface area contributed by atoms with Gasteiger partial charge >= 0.3 is 0 Å². The largest absolute Gasteiger partial charge is 0.366 e. The zero-order chi connectivity index (χ0) is 11.9. The Labute approximate surface area is 90.7 Å². The maximum Gasteiger partial charge on any atom is 0.248 e. The zero-order valence-corrected chi connectivity index (χ0v) is 8.55. The van der Waals surface area contributed by atoms with E-state index in [1.165, 1.54) is 6.07 Å². The highest BCUT2D eigenvalue weighted by atomic mass is 19.2. The molecule has 2 aromatic carbocycles. The van der Waals surface area contributed by atoms with Crippen molar-refractivity contribution in [2.45, 2.75) is 6.92 Å². The zero-order valence-electron chi connectivity index (χ0n) is 8.55. The number of benzene rings is 2. The number of carbonyl (C=O) groups excluding carboxylic acids is 1. The molecule has 2 rings (SSSR count). The van der Waals surface area contributed by atoms with Gasteiger partial charge in [-0.05, 0) is 41.5 Å². The SMILES string of the molecule is Cc1cc2cc(F)c(F)cc2cc1C(N)=O. The lowest BCUT2D eigenvalue weighted by Crippen LogP contribution is -2.12. The lowest BCUT2D eigenvalue weighted by Gasteiger charge is -2.05. The smallest absolute Gasteiger partial charge is 0.248 e. The molecule has 0 bridgehead atoms. The predicted molar refractivity (Wildman–Crippen MR) is 57.1 cm³/mol. The van der Waals surface area contributed by atoms with E-state index in [1.807, 2.05) is 0 Å². The van der Waals surface area contributed by atoms with E-state index in [1.54, 1.807) is 13.0 Å². The predicted octanol–water partition coefficient (Wildman–Crippen LogP) is 2.53. The van der Waals surface area contributed by atoms with Crippen LogP contribution in [0.1, 0.15) is 15.9 Å². The number of hydrogen-bond acceptors (Lipinski definition) is 1.